The van der Waals surface area contributed by atoms with Gasteiger partial charge in [-0.1, -0.05) is 6.92 Å². The molecule has 0 aliphatic carbocycles. The average Bonchev–Trinajstić information content (AvgIpc) is 2.10. The van der Waals surface area contributed by atoms with Gasteiger partial charge in [-0.15, -0.1) is 0 Å². The molecule has 0 radical (unpaired) electrons. The monoisotopic (exact) mass is 145 g/mol. The zero-order valence-corrected chi connectivity index (χ0v) is 5.85. The third-order valence-corrected chi connectivity index (χ3v) is 2.01. The molecular weight excluding hydrogens is 138 g/mol. The molecule has 1 heterocycles. The van der Waals surface area contributed by atoms with Crippen LogP contribution in [-0.4, -0.2) is 14.1 Å². The number of hydrogen-bond acceptors (Lipinski definition) is 2. The van der Waals surface area contributed by atoms with Gasteiger partial charge in [0.1, 0.15) is 0 Å². The average molecular weight is 145 g/mol. The van der Waals surface area contributed by atoms with Crippen LogP contribution in [-0.2, 0) is 10.0 Å². The van der Waals surface area contributed by atoms with Crippen molar-refractivity contribution in [3.63, 3.8) is 0 Å². The molecule has 3 nitrogen and oxygen atoms in total. The summed E-state index contributed by atoms with van der Waals surface area (Å²) in [4.78, 5) is 0. The first kappa shape index (κ1) is 6.48. The number of hydrogen-bond donors (Lipinski definition) is 0. The number of rotatable bonds is 1. The summed E-state index contributed by atoms with van der Waals surface area (Å²) in [5, 5.41) is 1.12. The van der Waals surface area contributed by atoms with E-state index in [1.165, 1.54) is 6.08 Å². The molecule has 9 heavy (non-hydrogen) atoms. The first-order valence-electron chi connectivity index (χ1n) is 2.66. The highest BCUT2D eigenvalue weighted by molar-refractivity contribution is 7.93. The van der Waals surface area contributed by atoms with Gasteiger partial charge in [-0.3, -0.25) is 0 Å². The van der Waals surface area contributed by atoms with E-state index < -0.39 is 10.0 Å². The Morgan fingerprint density at radius 1 is 1.67 bits per heavy atom. The maximum absolute atomic E-state index is 10.5. The Balaban J connectivity index is 3.01. The van der Waals surface area contributed by atoms with Crippen LogP contribution in [0.3, 0.4) is 0 Å². The van der Waals surface area contributed by atoms with Crippen LogP contribution < -0.4 is 0 Å². The Morgan fingerprint density at radius 2 is 2.33 bits per heavy atom. The minimum atomic E-state index is -3.20. The second kappa shape index (κ2) is 1.95. The van der Waals surface area contributed by atoms with E-state index in [-0.39, 0.29) is 0 Å². The highest BCUT2D eigenvalue weighted by Crippen LogP contribution is 2.06. The third-order valence-electron chi connectivity index (χ3n) is 1.04. The molecule has 0 bridgehead atoms. The van der Waals surface area contributed by atoms with E-state index in [4.69, 9.17) is 0 Å². The van der Waals surface area contributed by atoms with Crippen LogP contribution in [0, 0.1) is 0 Å². The molecule has 0 N–H and O–H groups in total. The topological polar surface area (TPSA) is 46.5 Å². The molecule has 0 saturated carbocycles. The largest absolute Gasteiger partial charge is 0.275 e. The molecule has 0 aromatic rings. The van der Waals surface area contributed by atoms with Crippen molar-refractivity contribution in [3.8, 4) is 0 Å². The van der Waals surface area contributed by atoms with Crippen molar-refractivity contribution >= 4 is 15.7 Å². The van der Waals surface area contributed by atoms with E-state index in [0.29, 0.717) is 12.1 Å². The first-order valence-corrected chi connectivity index (χ1v) is 4.16. The zero-order chi connectivity index (χ0) is 6.91. The number of sulfonamides is 1. The summed E-state index contributed by atoms with van der Waals surface area (Å²) in [6.07, 6.45) is 2.20. The lowest BCUT2D eigenvalue weighted by atomic mass is 10.3. The molecule has 0 aromatic carbocycles. The van der Waals surface area contributed by atoms with Crippen LogP contribution in [0.4, 0.5) is 0 Å². The minimum Gasteiger partial charge on any atom is -0.200 e. The molecule has 4 heteroatoms. The predicted octanol–water partition coefficient (Wildman–Crippen LogP) is 0.695. The highest BCUT2D eigenvalue weighted by atomic mass is 32.2. The fourth-order valence-corrected chi connectivity index (χ4v) is 1.48. The molecule has 1 aliphatic heterocycles. The zero-order valence-electron chi connectivity index (χ0n) is 5.03. The van der Waals surface area contributed by atoms with Gasteiger partial charge in [-0.2, -0.15) is 12.8 Å². The molecule has 0 fully saturated rings. The van der Waals surface area contributed by atoms with Crippen molar-refractivity contribution in [2.45, 2.75) is 13.3 Å². The van der Waals surface area contributed by atoms with Crippen molar-refractivity contribution in [1.29, 1.82) is 0 Å². The lowest BCUT2D eigenvalue weighted by Crippen LogP contribution is -1.87. The summed E-state index contributed by atoms with van der Waals surface area (Å²) in [7, 11) is -3.20. The fraction of sp³-hybridized carbons (Fsp3) is 0.400. The van der Waals surface area contributed by atoms with E-state index in [2.05, 4.69) is 4.40 Å². The predicted molar refractivity (Wildman–Crippen MR) is 35.8 cm³/mol. The van der Waals surface area contributed by atoms with Crippen LogP contribution in [0.2, 0.25) is 0 Å². The van der Waals surface area contributed by atoms with Gasteiger partial charge >= 0.3 is 0 Å². The molecule has 1 rings (SSSR count). The van der Waals surface area contributed by atoms with E-state index in [1.54, 1.807) is 0 Å². The van der Waals surface area contributed by atoms with E-state index in [1.807, 2.05) is 6.92 Å². The molecule has 50 valence electrons. The van der Waals surface area contributed by atoms with Crippen molar-refractivity contribution in [1.82, 2.24) is 0 Å². The van der Waals surface area contributed by atoms with E-state index >= 15 is 0 Å². The van der Waals surface area contributed by atoms with Crippen molar-refractivity contribution < 1.29 is 8.42 Å². The van der Waals surface area contributed by atoms with Gasteiger partial charge in [-0.05, 0) is 12.5 Å². The van der Waals surface area contributed by atoms with Gasteiger partial charge in [0.2, 0.25) is 0 Å². The summed E-state index contributed by atoms with van der Waals surface area (Å²) in [5.41, 5.74) is 0.634. The quantitative estimate of drug-likeness (QED) is 0.545. The Kier molecular flexibility index (Phi) is 1.40. The SMILES string of the molecule is CCC1=NS(=O)(=O)C=C1. The Bertz CT molecular complexity index is 261. The maximum Gasteiger partial charge on any atom is 0.275 e. The Morgan fingerprint density at radius 3 is 2.56 bits per heavy atom. The first-order chi connectivity index (χ1) is 4.14. The van der Waals surface area contributed by atoms with Gasteiger partial charge in [0.25, 0.3) is 10.0 Å². The second-order valence-electron chi connectivity index (χ2n) is 1.75. The second-order valence-corrected chi connectivity index (χ2v) is 3.24. The highest BCUT2D eigenvalue weighted by Gasteiger charge is 2.09. The Labute approximate surface area is 54.2 Å². The summed E-state index contributed by atoms with van der Waals surface area (Å²) in [5.74, 6) is 0. The Hall–Kier alpha value is -0.640. The van der Waals surface area contributed by atoms with Crippen LogP contribution in [0.25, 0.3) is 0 Å². The maximum atomic E-state index is 10.5. The van der Waals surface area contributed by atoms with Crippen molar-refractivity contribution in [2.24, 2.45) is 4.40 Å². The lowest BCUT2D eigenvalue weighted by molar-refractivity contribution is 0.607. The molecule has 0 saturated heterocycles. The van der Waals surface area contributed by atoms with Crippen LogP contribution in [0.15, 0.2) is 15.9 Å². The van der Waals surface area contributed by atoms with E-state index in [0.717, 1.165) is 5.41 Å². The van der Waals surface area contributed by atoms with Crippen LogP contribution in [0.5, 0.6) is 0 Å². The van der Waals surface area contributed by atoms with Crippen molar-refractivity contribution in [2.75, 3.05) is 0 Å². The van der Waals surface area contributed by atoms with Crippen LogP contribution in [0.1, 0.15) is 13.3 Å². The summed E-state index contributed by atoms with van der Waals surface area (Å²) < 4.78 is 24.5. The lowest BCUT2D eigenvalue weighted by Gasteiger charge is -1.82. The van der Waals surface area contributed by atoms with Crippen LogP contribution >= 0.6 is 0 Å². The summed E-state index contributed by atoms with van der Waals surface area (Å²) in [6, 6.07) is 0. The molecular formula is C5H7NO2S. The molecule has 0 atom stereocenters. The standard InChI is InChI=1S/C5H7NO2S/c1-2-5-3-4-9(7,8)6-5/h3-4H,2H2,1H3. The number of allylic oxidation sites excluding steroid dienone is 1. The normalized spacial score (nSPS) is 22.1. The molecule has 0 spiro atoms. The van der Waals surface area contributed by atoms with Gasteiger partial charge in [-0.25, -0.2) is 0 Å². The van der Waals surface area contributed by atoms with Gasteiger partial charge < -0.3 is 0 Å². The molecule has 0 aromatic heterocycles. The van der Waals surface area contributed by atoms with Crippen molar-refractivity contribution in [3.05, 3.63) is 11.5 Å². The van der Waals surface area contributed by atoms with Gasteiger partial charge in [0.05, 0.1) is 11.1 Å². The molecule has 0 amide bonds. The van der Waals surface area contributed by atoms with Gasteiger partial charge in [0, 0.05) is 0 Å². The van der Waals surface area contributed by atoms with E-state index in [9.17, 15) is 8.42 Å². The smallest absolute Gasteiger partial charge is 0.200 e. The summed E-state index contributed by atoms with van der Waals surface area (Å²) in [6.45, 7) is 1.87. The summed E-state index contributed by atoms with van der Waals surface area (Å²) >= 11 is 0. The number of nitrogens with zero attached hydrogens (tertiary/aromatic N) is 1. The van der Waals surface area contributed by atoms with Gasteiger partial charge in [0.15, 0.2) is 0 Å². The molecule has 1 aliphatic rings. The molecule has 0 unspecified atom stereocenters. The third kappa shape index (κ3) is 1.38. The minimum absolute atomic E-state index is 0.634. The fourth-order valence-electron chi connectivity index (χ4n) is 0.571.